The minimum Gasteiger partial charge on any atom is -0.394 e. The van der Waals surface area contributed by atoms with Crippen molar-refractivity contribution in [2.45, 2.75) is 11.5 Å². The lowest BCUT2D eigenvalue weighted by Gasteiger charge is -2.06. The van der Waals surface area contributed by atoms with Crippen molar-refractivity contribution in [3.05, 3.63) is 0 Å². The molecular formula is C5H10O3S. The first kappa shape index (κ1) is 7.34. The summed E-state index contributed by atoms with van der Waals surface area (Å²) in [6.07, 6.45) is -0.0628. The highest BCUT2D eigenvalue weighted by atomic mass is 32.2. The van der Waals surface area contributed by atoms with E-state index in [1.165, 1.54) is 0 Å². The van der Waals surface area contributed by atoms with Gasteiger partial charge in [0.05, 0.1) is 19.3 Å². The molecule has 9 heavy (non-hydrogen) atoms. The van der Waals surface area contributed by atoms with E-state index in [4.69, 9.17) is 14.9 Å². The Bertz CT molecular complexity index is 78.3. The minimum atomic E-state index is -0.109. The molecule has 0 unspecified atom stereocenters. The maximum absolute atomic E-state index is 8.56. The zero-order valence-electron chi connectivity index (χ0n) is 4.99. The summed E-state index contributed by atoms with van der Waals surface area (Å²) in [5.41, 5.74) is -0.109. The van der Waals surface area contributed by atoms with Gasteiger partial charge in [0.1, 0.15) is 5.44 Å². The summed E-state index contributed by atoms with van der Waals surface area (Å²) in [6, 6.07) is 0. The summed E-state index contributed by atoms with van der Waals surface area (Å²) in [5.74, 6) is 0.793. The maximum Gasteiger partial charge on any atom is 0.126 e. The highest BCUT2D eigenvalue weighted by Gasteiger charge is 2.23. The molecule has 0 radical (unpaired) electrons. The molecule has 2 N–H and O–H groups in total. The van der Waals surface area contributed by atoms with Crippen LogP contribution in [-0.4, -0.2) is 40.7 Å². The molecule has 1 rings (SSSR count). The highest BCUT2D eigenvalue weighted by Crippen LogP contribution is 2.23. The van der Waals surface area contributed by atoms with Gasteiger partial charge in [0.2, 0.25) is 0 Å². The molecule has 0 amide bonds. The van der Waals surface area contributed by atoms with E-state index in [0.29, 0.717) is 0 Å². The van der Waals surface area contributed by atoms with Crippen LogP contribution in [-0.2, 0) is 4.74 Å². The molecule has 0 aliphatic carbocycles. The van der Waals surface area contributed by atoms with E-state index in [1.807, 2.05) is 0 Å². The Morgan fingerprint density at radius 1 is 1.44 bits per heavy atom. The van der Waals surface area contributed by atoms with Gasteiger partial charge in [-0.2, -0.15) is 0 Å². The summed E-state index contributed by atoms with van der Waals surface area (Å²) >= 11 is 1.54. The summed E-state index contributed by atoms with van der Waals surface area (Å²) in [5, 5.41) is 17.1. The molecule has 2 atom stereocenters. The lowest BCUT2D eigenvalue weighted by atomic mass is 10.4. The maximum atomic E-state index is 8.56. The molecule has 1 fully saturated rings. The smallest absolute Gasteiger partial charge is 0.126 e. The molecule has 1 saturated heterocycles. The largest absolute Gasteiger partial charge is 0.394 e. The Kier molecular flexibility index (Phi) is 2.78. The predicted molar refractivity (Wildman–Crippen MR) is 35.3 cm³/mol. The van der Waals surface area contributed by atoms with Gasteiger partial charge in [0, 0.05) is 5.75 Å². The average Bonchev–Trinajstić information content (AvgIpc) is 2.34. The van der Waals surface area contributed by atoms with Crippen LogP contribution in [0.2, 0.25) is 0 Å². The summed E-state index contributed by atoms with van der Waals surface area (Å²) in [4.78, 5) is 0. The van der Waals surface area contributed by atoms with E-state index in [2.05, 4.69) is 0 Å². The second-order valence-corrected chi connectivity index (χ2v) is 3.08. The molecule has 0 saturated carbocycles. The van der Waals surface area contributed by atoms with Gasteiger partial charge < -0.3 is 14.9 Å². The first-order valence-electron chi connectivity index (χ1n) is 2.85. The second kappa shape index (κ2) is 3.41. The van der Waals surface area contributed by atoms with Crippen LogP contribution in [0.25, 0.3) is 0 Å². The third kappa shape index (κ3) is 1.82. The van der Waals surface area contributed by atoms with E-state index < -0.39 is 0 Å². The van der Waals surface area contributed by atoms with Crippen LogP contribution >= 0.6 is 11.8 Å². The van der Waals surface area contributed by atoms with Crippen molar-refractivity contribution in [3.8, 4) is 0 Å². The molecule has 0 aromatic rings. The lowest BCUT2D eigenvalue weighted by Crippen LogP contribution is -2.17. The number of aliphatic hydroxyl groups excluding tert-OH is 2. The topological polar surface area (TPSA) is 49.7 Å². The summed E-state index contributed by atoms with van der Waals surface area (Å²) < 4.78 is 5.12. The van der Waals surface area contributed by atoms with Gasteiger partial charge in [0.15, 0.2) is 0 Å². The van der Waals surface area contributed by atoms with Crippen molar-refractivity contribution < 1.29 is 14.9 Å². The first-order chi connectivity index (χ1) is 4.36. The monoisotopic (exact) mass is 150 g/mol. The molecule has 1 heterocycles. The first-order valence-corrected chi connectivity index (χ1v) is 3.90. The third-order valence-corrected chi connectivity index (χ3v) is 2.36. The number of aliphatic hydroxyl groups is 2. The molecule has 1 aliphatic heterocycles. The van der Waals surface area contributed by atoms with Crippen LogP contribution in [0.1, 0.15) is 0 Å². The molecule has 0 aromatic carbocycles. The van der Waals surface area contributed by atoms with Crippen molar-refractivity contribution in [2.75, 3.05) is 19.0 Å². The van der Waals surface area contributed by atoms with Gasteiger partial charge in [-0.15, -0.1) is 11.8 Å². The molecule has 3 nitrogen and oxygen atoms in total. The van der Waals surface area contributed by atoms with E-state index in [9.17, 15) is 0 Å². The number of hydrogen-bond acceptors (Lipinski definition) is 4. The third-order valence-electron chi connectivity index (χ3n) is 1.16. The quantitative estimate of drug-likeness (QED) is 0.553. The Balaban J connectivity index is 2.20. The Hall–Kier alpha value is 0.230. The molecule has 0 spiro atoms. The van der Waals surface area contributed by atoms with E-state index in [1.54, 1.807) is 11.8 Å². The van der Waals surface area contributed by atoms with Crippen LogP contribution in [0.5, 0.6) is 0 Å². The van der Waals surface area contributed by atoms with Gasteiger partial charge in [-0.3, -0.25) is 0 Å². The van der Waals surface area contributed by atoms with Crippen molar-refractivity contribution in [1.29, 1.82) is 0 Å². The van der Waals surface area contributed by atoms with Crippen LogP contribution in [0.15, 0.2) is 0 Å². The Morgan fingerprint density at radius 3 is 2.56 bits per heavy atom. The van der Waals surface area contributed by atoms with Crippen LogP contribution < -0.4 is 0 Å². The van der Waals surface area contributed by atoms with E-state index in [-0.39, 0.29) is 24.8 Å². The predicted octanol–water partition coefficient (Wildman–Crippen LogP) is -0.571. The number of ether oxygens (including phenoxy) is 1. The van der Waals surface area contributed by atoms with Crippen LogP contribution in [0, 0.1) is 0 Å². The van der Waals surface area contributed by atoms with Crippen molar-refractivity contribution in [1.82, 2.24) is 0 Å². The van der Waals surface area contributed by atoms with Gasteiger partial charge in [0.25, 0.3) is 0 Å². The molecule has 1 aliphatic rings. The SMILES string of the molecule is OC[C@H]1CS[C@@H](CO)O1. The second-order valence-electron chi connectivity index (χ2n) is 1.89. The van der Waals surface area contributed by atoms with Crippen LogP contribution in [0.3, 0.4) is 0 Å². The molecule has 0 aromatic heterocycles. The molecule has 54 valence electrons. The van der Waals surface area contributed by atoms with Gasteiger partial charge in [-0.25, -0.2) is 0 Å². The lowest BCUT2D eigenvalue weighted by molar-refractivity contribution is 0.00587. The molecule has 4 heteroatoms. The fourth-order valence-electron chi connectivity index (χ4n) is 0.699. The zero-order valence-corrected chi connectivity index (χ0v) is 5.80. The fraction of sp³-hybridized carbons (Fsp3) is 1.00. The summed E-state index contributed by atoms with van der Waals surface area (Å²) in [7, 11) is 0. The number of thioether (sulfide) groups is 1. The zero-order chi connectivity index (χ0) is 6.69. The Labute approximate surface area is 58.0 Å². The van der Waals surface area contributed by atoms with E-state index in [0.717, 1.165) is 5.75 Å². The van der Waals surface area contributed by atoms with Gasteiger partial charge in [-0.05, 0) is 0 Å². The van der Waals surface area contributed by atoms with E-state index >= 15 is 0 Å². The average molecular weight is 150 g/mol. The number of rotatable bonds is 2. The van der Waals surface area contributed by atoms with Gasteiger partial charge in [-0.1, -0.05) is 0 Å². The fourth-order valence-corrected chi connectivity index (χ4v) is 1.65. The molecular weight excluding hydrogens is 140 g/mol. The standard InChI is InChI=1S/C5H10O3S/c6-1-4-3-9-5(2-7)8-4/h4-7H,1-3H2/t4-,5-/m0/s1. The van der Waals surface area contributed by atoms with Crippen molar-refractivity contribution in [3.63, 3.8) is 0 Å². The van der Waals surface area contributed by atoms with Crippen LogP contribution in [0.4, 0.5) is 0 Å². The summed E-state index contributed by atoms with van der Waals surface area (Å²) in [6.45, 7) is 0.102. The van der Waals surface area contributed by atoms with Gasteiger partial charge >= 0.3 is 0 Å². The highest BCUT2D eigenvalue weighted by molar-refractivity contribution is 8.00. The molecule has 0 bridgehead atoms. The normalized spacial score (nSPS) is 35.3. The minimum absolute atomic E-state index is 0.0428. The van der Waals surface area contributed by atoms with Crippen molar-refractivity contribution in [2.24, 2.45) is 0 Å². The number of hydrogen-bond donors (Lipinski definition) is 2. The van der Waals surface area contributed by atoms with Crippen molar-refractivity contribution >= 4 is 11.8 Å². The Morgan fingerprint density at radius 2 is 2.22 bits per heavy atom.